The third-order valence-electron chi connectivity index (χ3n) is 2.61. The first-order valence-corrected chi connectivity index (χ1v) is 6.87. The number of benzene rings is 1. The summed E-state index contributed by atoms with van der Waals surface area (Å²) in [5.41, 5.74) is 2.07. The number of hydrogen-bond acceptors (Lipinski definition) is 3. The first kappa shape index (κ1) is 11.9. The Morgan fingerprint density at radius 3 is 2.71 bits per heavy atom. The summed E-state index contributed by atoms with van der Waals surface area (Å²) >= 11 is 0. The second kappa shape index (κ2) is 4.03. The Hall–Kier alpha value is -1.56. The normalized spacial score (nSPS) is 14.6. The molecule has 0 fully saturated rings. The van der Waals surface area contributed by atoms with Crippen molar-refractivity contribution in [1.82, 2.24) is 0 Å². The van der Waals surface area contributed by atoms with Crippen molar-refractivity contribution in [2.24, 2.45) is 0 Å². The second-order valence-corrected chi connectivity index (χ2v) is 6.53. The van der Waals surface area contributed by atoms with Crippen LogP contribution < -0.4 is 10.0 Å². The highest BCUT2D eigenvalue weighted by Gasteiger charge is 2.20. The number of fused-ring (bicyclic) bond motifs is 1. The molecule has 2 rings (SSSR count). The highest BCUT2D eigenvalue weighted by molar-refractivity contribution is 7.93. The summed E-state index contributed by atoms with van der Waals surface area (Å²) in [7, 11) is -3.34. The molecule has 17 heavy (non-hydrogen) atoms. The minimum atomic E-state index is -3.34. The minimum absolute atomic E-state index is 0.0659. The van der Waals surface area contributed by atoms with Gasteiger partial charge in [-0.05, 0) is 37.6 Å². The van der Waals surface area contributed by atoms with Crippen molar-refractivity contribution >= 4 is 27.3 Å². The topological polar surface area (TPSA) is 75.3 Å². The Bertz CT molecular complexity index is 564. The van der Waals surface area contributed by atoms with E-state index < -0.39 is 15.3 Å². The van der Waals surface area contributed by atoms with Gasteiger partial charge in [0.05, 0.1) is 11.7 Å². The standard InChI is InChI=1S/C11H14N2O3S/c1-7(2)17(15,16)13-9-3-4-10-8(5-9)6-11(14)12-10/h3-5,7,13H,6H2,1-2H3,(H,12,14). The molecule has 0 radical (unpaired) electrons. The van der Waals surface area contributed by atoms with E-state index in [1.165, 1.54) is 0 Å². The SMILES string of the molecule is CC(C)S(=O)(=O)Nc1ccc2c(c1)CC(=O)N2. The van der Waals surface area contributed by atoms with Crippen molar-refractivity contribution in [2.75, 3.05) is 10.0 Å². The summed E-state index contributed by atoms with van der Waals surface area (Å²) in [6.45, 7) is 3.22. The summed E-state index contributed by atoms with van der Waals surface area (Å²) in [5.74, 6) is -0.0659. The molecule has 0 saturated carbocycles. The van der Waals surface area contributed by atoms with E-state index in [4.69, 9.17) is 0 Å². The molecule has 6 heteroatoms. The zero-order valence-electron chi connectivity index (χ0n) is 9.65. The fraction of sp³-hybridized carbons (Fsp3) is 0.364. The first-order chi connectivity index (χ1) is 7.88. The van der Waals surface area contributed by atoms with Crippen LogP contribution in [0.25, 0.3) is 0 Å². The van der Waals surface area contributed by atoms with E-state index in [0.717, 1.165) is 11.3 Å². The van der Waals surface area contributed by atoms with E-state index in [0.29, 0.717) is 12.1 Å². The van der Waals surface area contributed by atoms with Gasteiger partial charge in [0, 0.05) is 11.4 Å². The molecule has 2 N–H and O–H groups in total. The number of sulfonamides is 1. The third-order valence-corrected chi connectivity index (χ3v) is 4.37. The van der Waals surface area contributed by atoms with Crippen LogP contribution >= 0.6 is 0 Å². The predicted molar refractivity (Wildman–Crippen MR) is 66.5 cm³/mol. The highest BCUT2D eigenvalue weighted by Crippen LogP contribution is 2.26. The van der Waals surface area contributed by atoms with Gasteiger partial charge in [-0.1, -0.05) is 0 Å². The van der Waals surface area contributed by atoms with Crippen molar-refractivity contribution in [3.63, 3.8) is 0 Å². The van der Waals surface area contributed by atoms with Gasteiger partial charge in [-0.15, -0.1) is 0 Å². The number of carbonyl (C=O) groups excluding carboxylic acids is 1. The van der Waals surface area contributed by atoms with E-state index >= 15 is 0 Å². The maximum atomic E-state index is 11.7. The van der Waals surface area contributed by atoms with Crippen molar-refractivity contribution in [3.8, 4) is 0 Å². The molecule has 1 amide bonds. The molecule has 0 bridgehead atoms. The van der Waals surface area contributed by atoms with Crippen LogP contribution in [0, 0.1) is 0 Å². The van der Waals surface area contributed by atoms with Gasteiger partial charge in [0.15, 0.2) is 0 Å². The summed E-state index contributed by atoms with van der Waals surface area (Å²) in [6.07, 6.45) is 0.298. The lowest BCUT2D eigenvalue weighted by molar-refractivity contribution is -0.115. The van der Waals surface area contributed by atoms with Crippen molar-refractivity contribution in [2.45, 2.75) is 25.5 Å². The van der Waals surface area contributed by atoms with E-state index in [-0.39, 0.29) is 5.91 Å². The fourth-order valence-corrected chi connectivity index (χ4v) is 2.27. The zero-order chi connectivity index (χ0) is 12.6. The van der Waals surface area contributed by atoms with Gasteiger partial charge in [0.1, 0.15) is 0 Å². The molecule has 1 aromatic rings. The van der Waals surface area contributed by atoms with Gasteiger partial charge in [-0.2, -0.15) is 0 Å². The average molecular weight is 254 g/mol. The molecule has 0 unspecified atom stereocenters. The Balaban J connectivity index is 2.26. The van der Waals surface area contributed by atoms with E-state index in [2.05, 4.69) is 10.0 Å². The molecule has 1 heterocycles. The number of hydrogen-bond donors (Lipinski definition) is 2. The molecule has 0 aromatic heterocycles. The van der Waals surface area contributed by atoms with Crippen LogP contribution in [0.4, 0.5) is 11.4 Å². The summed E-state index contributed by atoms with van der Waals surface area (Å²) < 4.78 is 25.8. The molecular formula is C11H14N2O3S. The van der Waals surface area contributed by atoms with Crippen LogP contribution in [0.1, 0.15) is 19.4 Å². The number of rotatable bonds is 3. The quantitative estimate of drug-likeness (QED) is 0.854. The lowest BCUT2D eigenvalue weighted by Crippen LogP contribution is -2.22. The zero-order valence-corrected chi connectivity index (χ0v) is 10.5. The van der Waals surface area contributed by atoms with Crippen molar-refractivity contribution in [3.05, 3.63) is 23.8 Å². The summed E-state index contributed by atoms with van der Waals surface area (Å²) in [6, 6.07) is 5.04. The molecule has 1 aromatic carbocycles. The first-order valence-electron chi connectivity index (χ1n) is 5.33. The molecular weight excluding hydrogens is 240 g/mol. The number of nitrogens with one attached hydrogen (secondary N) is 2. The highest BCUT2D eigenvalue weighted by atomic mass is 32.2. The van der Waals surface area contributed by atoms with Gasteiger partial charge >= 0.3 is 0 Å². The van der Waals surface area contributed by atoms with Crippen LogP contribution in [-0.2, 0) is 21.2 Å². The fourth-order valence-electron chi connectivity index (χ4n) is 1.57. The molecule has 5 nitrogen and oxygen atoms in total. The lowest BCUT2D eigenvalue weighted by Gasteiger charge is -2.11. The maximum absolute atomic E-state index is 11.7. The van der Waals surface area contributed by atoms with Gasteiger partial charge in [0.25, 0.3) is 0 Å². The Kier molecular flexibility index (Phi) is 2.82. The third kappa shape index (κ3) is 2.41. The average Bonchev–Trinajstić information content (AvgIpc) is 2.56. The van der Waals surface area contributed by atoms with Crippen LogP contribution in [0.5, 0.6) is 0 Å². The van der Waals surface area contributed by atoms with Gasteiger partial charge in [-0.25, -0.2) is 8.42 Å². The van der Waals surface area contributed by atoms with Gasteiger partial charge in [0.2, 0.25) is 15.9 Å². The monoisotopic (exact) mass is 254 g/mol. The van der Waals surface area contributed by atoms with Crippen molar-refractivity contribution < 1.29 is 13.2 Å². The predicted octanol–water partition coefficient (Wildman–Crippen LogP) is 1.33. The van der Waals surface area contributed by atoms with Gasteiger partial charge in [-0.3, -0.25) is 9.52 Å². The summed E-state index contributed by atoms with van der Waals surface area (Å²) in [5, 5.41) is 2.20. The number of carbonyl (C=O) groups is 1. The second-order valence-electron chi connectivity index (χ2n) is 4.29. The molecule has 1 aliphatic heterocycles. The van der Waals surface area contributed by atoms with Crippen LogP contribution in [0.2, 0.25) is 0 Å². The van der Waals surface area contributed by atoms with Crippen LogP contribution in [0.15, 0.2) is 18.2 Å². The summed E-state index contributed by atoms with van der Waals surface area (Å²) in [4.78, 5) is 11.2. The molecule has 0 atom stereocenters. The molecule has 1 aliphatic rings. The maximum Gasteiger partial charge on any atom is 0.235 e. The van der Waals surface area contributed by atoms with Crippen LogP contribution in [-0.4, -0.2) is 19.6 Å². The van der Waals surface area contributed by atoms with E-state index in [9.17, 15) is 13.2 Å². The molecule has 92 valence electrons. The van der Waals surface area contributed by atoms with Crippen molar-refractivity contribution in [1.29, 1.82) is 0 Å². The Morgan fingerprint density at radius 1 is 1.35 bits per heavy atom. The Labute approximate surface area is 100 Å². The molecule has 0 aliphatic carbocycles. The van der Waals surface area contributed by atoms with E-state index in [1.807, 2.05) is 0 Å². The number of anilines is 2. The smallest absolute Gasteiger partial charge is 0.235 e. The van der Waals surface area contributed by atoms with Gasteiger partial charge < -0.3 is 5.32 Å². The van der Waals surface area contributed by atoms with E-state index in [1.54, 1.807) is 32.0 Å². The largest absolute Gasteiger partial charge is 0.326 e. The molecule has 0 saturated heterocycles. The Morgan fingerprint density at radius 2 is 2.06 bits per heavy atom. The van der Waals surface area contributed by atoms with Crippen LogP contribution in [0.3, 0.4) is 0 Å². The minimum Gasteiger partial charge on any atom is -0.326 e. The number of amides is 1. The molecule has 0 spiro atoms. The lowest BCUT2D eigenvalue weighted by atomic mass is 10.1.